The highest BCUT2D eigenvalue weighted by molar-refractivity contribution is 9.10. The molecule has 5 aromatic rings. The molecule has 0 amide bonds. The maximum atomic E-state index is 13.6. The summed E-state index contributed by atoms with van der Waals surface area (Å²) in [5.41, 5.74) is 4.14. The molecule has 150 valence electrons. The van der Waals surface area contributed by atoms with Crippen molar-refractivity contribution in [2.75, 3.05) is 0 Å². The second-order valence-electron chi connectivity index (χ2n) is 7.49. The van der Waals surface area contributed by atoms with Gasteiger partial charge in [0.2, 0.25) is 0 Å². The van der Waals surface area contributed by atoms with E-state index in [1.54, 1.807) is 4.57 Å². The molecule has 1 atom stereocenters. The molecule has 7 heteroatoms. The Hall–Kier alpha value is -3.06. The fourth-order valence-corrected chi connectivity index (χ4v) is 4.36. The van der Waals surface area contributed by atoms with Gasteiger partial charge in [-0.3, -0.25) is 13.9 Å². The van der Waals surface area contributed by atoms with Gasteiger partial charge in [0, 0.05) is 10.5 Å². The fraction of sp³-hybridized carbons (Fsp3) is 0.217. The van der Waals surface area contributed by atoms with E-state index in [-0.39, 0.29) is 11.6 Å². The Morgan fingerprint density at radius 2 is 1.73 bits per heavy atom. The quantitative estimate of drug-likeness (QED) is 0.364. The molecular formula is C23H20BrN5O. The van der Waals surface area contributed by atoms with Crippen LogP contribution in [0.5, 0.6) is 0 Å². The molecular weight excluding hydrogens is 442 g/mol. The Labute approximate surface area is 181 Å². The maximum absolute atomic E-state index is 13.6. The Balaban J connectivity index is 2.03. The van der Waals surface area contributed by atoms with E-state index < -0.39 is 0 Å². The van der Waals surface area contributed by atoms with E-state index in [0.29, 0.717) is 28.0 Å². The van der Waals surface area contributed by atoms with Gasteiger partial charge in [-0.05, 0) is 50.6 Å². The highest BCUT2D eigenvalue weighted by Crippen LogP contribution is 2.30. The lowest BCUT2D eigenvalue weighted by Crippen LogP contribution is -2.26. The van der Waals surface area contributed by atoms with Gasteiger partial charge >= 0.3 is 0 Å². The van der Waals surface area contributed by atoms with Gasteiger partial charge in [-0.2, -0.15) is 0 Å². The van der Waals surface area contributed by atoms with E-state index in [1.807, 2.05) is 66.9 Å². The van der Waals surface area contributed by atoms with Crippen LogP contribution < -0.4 is 5.56 Å². The van der Waals surface area contributed by atoms with Gasteiger partial charge in [-0.25, -0.2) is 15.0 Å². The first-order chi connectivity index (χ1) is 14.5. The first kappa shape index (κ1) is 18.9. The number of aromatic nitrogens is 5. The summed E-state index contributed by atoms with van der Waals surface area (Å²) >= 11 is 3.55. The third kappa shape index (κ3) is 2.76. The molecule has 5 rings (SSSR count). The molecule has 0 radical (unpaired) electrons. The van der Waals surface area contributed by atoms with Gasteiger partial charge in [0.15, 0.2) is 11.3 Å². The number of fused-ring (bicyclic) bond motifs is 4. The van der Waals surface area contributed by atoms with Gasteiger partial charge < -0.3 is 0 Å². The largest absolute Gasteiger partial charge is 0.293 e. The summed E-state index contributed by atoms with van der Waals surface area (Å²) in [7, 11) is 0. The van der Waals surface area contributed by atoms with E-state index in [0.717, 1.165) is 27.6 Å². The van der Waals surface area contributed by atoms with E-state index in [4.69, 9.17) is 15.0 Å². The molecule has 0 saturated heterocycles. The maximum Gasteiger partial charge on any atom is 0.265 e. The van der Waals surface area contributed by atoms with Crippen LogP contribution in [-0.2, 0) is 0 Å². The van der Waals surface area contributed by atoms with Crippen molar-refractivity contribution in [1.82, 2.24) is 24.1 Å². The standard InChI is InChI=1S/C23H20BrN5O/c1-4-13(2)28-14(3)25-21-19(23(28)30)20-22(27-18-11-6-5-10-17(18)26-20)29(21)16-9-7-8-15(24)12-16/h5-13H,4H2,1-3H3/t13-/m0/s1. The number of benzene rings is 2. The zero-order valence-corrected chi connectivity index (χ0v) is 18.5. The van der Waals surface area contributed by atoms with Crippen LogP contribution in [0.4, 0.5) is 0 Å². The molecule has 0 unspecified atom stereocenters. The Morgan fingerprint density at radius 3 is 2.43 bits per heavy atom. The zero-order valence-electron chi connectivity index (χ0n) is 16.9. The number of halogens is 1. The third-order valence-electron chi connectivity index (χ3n) is 5.58. The molecule has 0 aliphatic rings. The minimum atomic E-state index is -0.0739. The van der Waals surface area contributed by atoms with Crippen molar-refractivity contribution in [3.8, 4) is 5.69 Å². The third-order valence-corrected chi connectivity index (χ3v) is 6.08. The number of aryl methyl sites for hydroxylation is 1. The number of hydrogen-bond acceptors (Lipinski definition) is 4. The minimum absolute atomic E-state index is 0.0482. The topological polar surface area (TPSA) is 65.6 Å². The Bertz CT molecular complexity index is 1500. The van der Waals surface area contributed by atoms with Crippen LogP contribution in [0.1, 0.15) is 32.1 Å². The summed E-state index contributed by atoms with van der Waals surface area (Å²) in [6.45, 7) is 5.99. The first-order valence-corrected chi connectivity index (χ1v) is 10.7. The average Bonchev–Trinajstić information content (AvgIpc) is 3.04. The van der Waals surface area contributed by atoms with Crippen molar-refractivity contribution in [3.63, 3.8) is 0 Å². The number of para-hydroxylation sites is 2. The van der Waals surface area contributed by atoms with Crippen molar-refractivity contribution in [2.24, 2.45) is 0 Å². The first-order valence-electron chi connectivity index (χ1n) is 9.95. The lowest BCUT2D eigenvalue weighted by molar-refractivity contribution is 0.497. The van der Waals surface area contributed by atoms with Gasteiger partial charge in [0.05, 0.1) is 16.7 Å². The Morgan fingerprint density at radius 1 is 1.00 bits per heavy atom. The van der Waals surface area contributed by atoms with Crippen LogP contribution in [0, 0.1) is 6.92 Å². The second kappa shape index (κ2) is 7.02. The molecule has 0 aliphatic carbocycles. The van der Waals surface area contributed by atoms with E-state index in [1.165, 1.54) is 0 Å². The van der Waals surface area contributed by atoms with Crippen molar-refractivity contribution in [3.05, 3.63) is 69.2 Å². The van der Waals surface area contributed by atoms with Crippen LogP contribution in [-0.4, -0.2) is 24.1 Å². The van der Waals surface area contributed by atoms with Crippen LogP contribution in [0.25, 0.3) is 38.9 Å². The van der Waals surface area contributed by atoms with Gasteiger partial charge in [-0.1, -0.05) is 41.1 Å². The monoisotopic (exact) mass is 461 g/mol. The summed E-state index contributed by atoms with van der Waals surface area (Å²) in [6.07, 6.45) is 0.840. The molecule has 0 saturated carbocycles. The zero-order chi connectivity index (χ0) is 21.0. The molecule has 0 aliphatic heterocycles. The van der Waals surface area contributed by atoms with Crippen molar-refractivity contribution >= 4 is 49.2 Å². The smallest absolute Gasteiger partial charge is 0.265 e. The summed E-state index contributed by atoms with van der Waals surface area (Å²) in [5, 5.41) is 0.508. The molecule has 30 heavy (non-hydrogen) atoms. The summed E-state index contributed by atoms with van der Waals surface area (Å²) in [5.74, 6) is 0.686. The summed E-state index contributed by atoms with van der Waals surface area (Å²) < 4.78 is 4.64. The van der Waals surface area contributed by atoms with Gasteiger partial charge in [0.1, 0.15) is 16.7 Å². The summed E-state index contributed by atoms with van der Waals surface area (Å²) in [6, 6.07) is 15.7. The lowest BCUT2D eigenvalue weighted by Gasteiger charge is -2.16. The Kier molecular flexibility index (Phi) is 4.43. The molecule has 0 bridgehead atoms. The SMILES string of the molecule is CC[C@H](C)n1c(C)nc2c(c1=O)c1nc3ccccc3nc1n2-c1cccc(Br)c1. The predicted molar refractivity (Wildman–Crippen MR) is 123 cm³/mol. The molecule has 6 nitrogen and oxygen atoms in total. The van der Waals surface area contributed by atoms with E-state index in [9.17, 15) is 4.79 Å². The van der Waals surface area contributed by atoms with Crippen molar-refractivity contribution in [2.45, 2.75) is 33.2 Å². The number of rotatable bonds is 3. The molecule has 2 aromatic carbocycles. The molecule has 0 spiro atoms. The average molecular weight is 462 g/mol. The number of nitrogens with zero attached hydrogens (tertiary/aromatic N) is 5. The van der Waals surface area contributed by atoms with Gasteiger partial charge in [-0.15, -0.1) is 0 Å². The summed E-state index contributed by atoms with van der Waals surface area (Å²) in [4.78, 5) is 28.2. The van der Waals surface area contributed by atoms with E-state index >= 15 is 0 Å². The van der Waals surface area contributed by atoms with Crippen LogP contribution in [0.2, 0.25) is 0 Å². The molecule has 0 fully saturated rings. The number of hydrogen-bond donors (Lipinski definition) is 0. The van der Waals surface area contributed by atoms with E-state index in [2.05, 4.69) is 22.9 Å². The molecule has 3 heterocycles. The van der Waals surface area contributed by atoms with Crippen molar-refractivity contribution in [1.29, 1.82) is 0 Å². The van der Waals surface area contributed by atoms with Gasteiger partial charge in [0.25, 0.3) is 5.56 Å². The van der Waals surface area contributed by atoms with Crippen LogP contribution >= 0.6 is 15.9 Å². The lowest BCUT2D eigenvalue weighted by atomic mass is 10.2. The van der Waals surface area contributed by atoms with Crippen molar-refractivity contribution < 1.29 is 0 Å². The highest BCUT2D eigenvalue weighted by atomic mass is 79.9. The van der Waals surface area contributed by atoms with Crippen LogP contribution in [0.15, 0.2) is 57.8 Å². The normalized spacial score (nSPS) is 12.8. The molecule has 3 aromatic heterocycles. The second-order valence-corrected chi connectivity index (χ2v) is 8.41. The molecule has 0 N–H and O–H groups in total. The highest BCUT2D eigenvalue weighted by Gasteiger charge is 2.23. The minimum Gasteiger partial charge on any atom is -0.293 e. The van der Waals surface area contributed by atoms with Crippen LogP contribution in [0.3, 0.4) is 0 Å². The predicted octanol–water partition coefficient (Wildman–Crippen LogP) is 5.33. The fourth-order valence-electron chi connectivity index (χ4n) is 3.97.